The lowest BCUT2D eigenvalue weighted by atomic mass is 10.2. The molecule has 1 aliphatic heterocycles. The van der Waals surface area contributed by atoms with Gasteiger partial charge in [-0.3, -0.25) is 5.73 Å². The quantitative estimate of drug-likeness (QED) is 0.461. The summed E-state index contributed by atoms with van der Waals surface area (Å²) in [4.78, 5) is 1.54. The van der Waals surface area contributed by atoms with E-state index < -0.39 is 6.10 Å². The van der Waals surface area contributed by atoms with Crippen molar-refractivity contribution in [3.05, 3.63) is 54.1 Å². The molecular formula is C23H32N4O3+2. The number of ether oxygens (including phenoxy) is 2. The Balaban J connectivity index is 1.47. The van der Waals surface area contributed by atoms with Crippen molar-refractivity contribution in [3.63, 3.8) is 0 Å². The number of rotatable bonds is 8. The lowest BCUT2D eigenvalue weighted by molar-refractivity contribution is -0.908. The van der Waals surface area contributed by atoms with Crippen LogP contribution in [0.25, 0.3) is 11.0 Å². The van der Waals surface area contributed by atoms with Gasteiger partial charge in [-0.05, 0) is 36.8 Å². The van der Waals surface area contributed by atoms with Gasteiger partial charge >= 0.3 is 5.95 Å². The number of aryl methyl sites for hydroxylation is 1. The molecule has 0 saturated carbocycles. The molecule has 0 bridgehead atoms. The number of anilines is 1. The normalized spacial score (nSPS) is 16.1. The summed E-state index contributed by atoms with van der Waals surface area (Å²) >= 11 is 0. The summed E-state index contributed by atoms with van der Waals surface area (Å²) in [6, 6.07) is 16.0. The van der Waals surface area contributed by atoms with Crippen LogP contribution in [-0.2, 0) is 17.8 Å². The molecule has 0 unspecified atom stereocenters. The van der Waals surface area contributed by atoms with Gasteiger partial charge in [0.15, 0.2) is 0 Å². The zero-order valence-corrected chi connectivity index (χ0v) is 17.6. The van der Waals surface area contributed by atoms with E-state index in [0.717, 1.165) is 61.7 Å². The van der Waals surface area contributed by atoms with Crippen molar-refractivity contribution >= 4 is 17.0 Å². The van der Waals surface area contributed by atoms with Crippen molar-refractivity contribution in [2.24, 2.45) is 0 Å². The Hall–Kier alpha value is -2.61. The van der Waals surface area contributed by atoms with E-state index in [0.29, 0.717) is 12.5 Å². The summed E-state index contributed by atoms with van der Waals surface area (Å²) in [5.41, 5.74) is 9.80. The molecule has 0 spiro atoms. The van der Waals surface area contributed by atoms with E-state index in [9.17, 15) is 5.11 Å². The van der Waals surface area contributed by atoms with Gasteiger partial charge in [-0.1, -0.05) is 24.3 Å². The van der Waals surface area contributed by atoms with Crippen molar-refractivity contribution in [3.8, 4) is 5.75 Å². The molecule has 2 heterocycles. The number of para-hydroxylation sites is 2. The number of aromatic nitrogens is 2. The third kappa shape index (κ3) is 4.75. The lowest BCUT2D eigenvalue weighted by Gasteiger charge is -2.23. The first-order valence-electron chi connectivity index (χ1n) is 10.7. The number of hydrogen-bond donors (Lipinski definition) is 3. The van der Waals surface area contributed by atoms with Crippen LogP contribution in [0, 0.1) is 6.92 Å². The third-order valence-electron chi connectivity index (χ3n) is 5.73. The number of benzene rings is 2. The number of nitrogen functional groups attached to an aromatic ring is 1. The monoisotopic (exact) mass is 412 g/mol. The van der Waals surface area contributed by atoms with Crippen LogP contribution in [0.3, 0.4) is 0 Å². The fourth-order valence-electron chi connectivity index (χ4n) is 4.08. The van der Waals surface area contributed by atoms with Crippen LogP contribution in [0.4, 0.5) is 5.95 Å². The number of fused-ring (bicyclic) bond motifs is 1. The van der Waals surface area contributed by atoms with Crippen molar-refractivity contribution in [2.45, 2.75) is 26.1 Å². The Kier molecular flexibility index (Phi) is 6.52. The van der Waals surface area contributed by atoms with E-state index in [4.69, 9.17) is 15.2 Å². The molecular weight excluding hydrogens is 380 g/mol. The van der Waals surface area contributed by atoms with E-state index >= 15 is 0 Å². The zero-order chi connectivity index (χ0) is 20.9. The molecule has 0 aliphatic carbocycles. The molecule has 7 nitrogen and oxygen atoms in total. The van der Waals surface area contributed by atoms with Crippen LogP contribution >= 0.6 is 0 Å². The minimum Gasteiger partial charge on any atom is -0.491 e. The van der Waals surface area contributed by atoms with Gasteiger partial charge in [0.05, 0.1) is 13.2 Å². The topological polar surface area (TPSA) is 78.0 Å². The largest absolute Gasteiger partial charge is 0.491 e. The molecule has 160 valence electrons. The van der Waals surface area contributed by atoms with Gasteiger partial charge < -0.3 is 19.5 Å². The van der Waals surface area contributed by atoms with Crippen LogP contribution in [0.2, 0.25) is 0 Å². The molecule has 2 aromatic carbocycles. The van der Waals surface area contributed by atoms with Gasteiger partial charge in [-0.15, -0.1) is 0 Å². The van der Waals surface area contributed by atoms with E-state index in [2.05, 4.69) is 16.7 Å². The molecule has 4 rings (SSSR count). The van der Waals surface area contributed by atoms with Gasteiger partial charge in [0.1, 0.15) is 62.2 Å². The molecule has 1 saturated heterocycles. The maximum absolute atomic E-state index is 10.6. The van der Waals surface area contributed by atoms with Crippen LogP contribution in [0.15, 0.2) is 48.5 Å². The molecule has 3 aromatic rings. The van der Waals surface area contributed by atoms with Gasteiger partial charge in [-0.25, -0.2) is 9.13 Å². The SMILES string of the molecule is Cc1cccc(OC[C@H](O)C[n+]2c(N)n(CC[NH+]3CCOCC3)c3ccccc32)c1. The number of nitrogens with zero attached hydrogens (tertiary/aromatic N) is 2. The number of hydrogen-bond acceptors (Lipinski definition) is 4. The number of morpholine rings is 1. The molecule has 4 N–H and O–H groups in total. The molecule has 1 fully saturated rings. The molecule has 1 aliphatic rings. The van der Waals surface area contributed by atoms with Gasteiger partial charge in [-0.2, -0.15) is 0 Å². The Morgan fingerprint density at radius 3 is 2.80 bits per heavy atom. The summed E-state index contributed by atoms with van der Waals surface area (Å²) < 4.78 is 15.4. The van der Waals surface area contributed by atoms with Crippen molar-refractivity contribution in [2.75, 3.05) is 45.2 Å². The second-order valence-corrected chi connectivity index (χ2v) is 8.00. The van der Waals surface area contributed by atoms with Gasteiger partial charge in [0, 0.05) is 0 Å². The first-order valence-corrected chi connectivity index (χ1v) is 10.7. The molecule has 1 aromatic heterocycles. The number of quaternary nitrogens is 1. The molecule has 7 heteroatoms. The van der Waals surface area contributed by atoms with Crippen molar-refractivity contribution in [1.29, 1.82) is 0 Å². The number of nitrogens with one attached hydrogen (secondary N) is 1. The highest BCUT2D eigenvalue weighted by Crippen LogP contribution is 2.16. The van der Waals surface area contributed by atoms with Crippen LogP contribution in [0.5, 0.6) is 5.75 Å². The maximum atomic E-state index is 10.6. The summed E-state index contributed by atoms with van der Waals surface area (Å²) in [6.45, 7) is 8.18. The summed E-state index contributed by atoms with van der Waals surface area (Å²) in [5.74, 6) is 1.43. The summed E-state index contributed by atoms with van der Waals surface area (Å²) in [7, 11) is 0. The molecule has 30 heavy (non-hydrogen) atoms. The third-order valence-corrected chi connectivity index (χ3v) is 5.73. The van der Waals surface area contributed by atoms with Gasteiger partial charge in [0.25, 0.3) is 0 Å². The maximum Gasteiger partial charge on any atom is 0.356 e. The Morgan fingerprint density at radius 2 is 2.00 bits per heavy atom. The lowest BCUT2D eigenvalue weighted by Crippen LogP contribution is -3.14. The minimum atomic E-state index is -0.665. The average molecular weight is 413 g/mol. The predicted octanol–water partition coefficient (Wildman–Crippen LogP) is 0.174. The van der Waals surface area contributed by atoms with E-state index in [1.807, 2.05) is 47.9 Å². The predicted molar refractivity (Wildman–Crippen MR) is 116 cm³/mol. The van der Waals surface area contributed by atoms with E-state index in [1.54, 1.807) is 0 Å². The summed E-state index contributed by atoms with van der Waals surface area (Å²) in [6.07, 6.45) is -0.665. The van der Waals surface area contributed by atoms with Crippen LogP contribution in [-0.4, -0.2) is 55.2 Å². The Bertz CT molecular complexity index is 982. The van der Waals surface area contributed by atoms with Crippen molar-refractivity contribution in [1.82, 2.24) is 4.57 Å². The fraction of sp³-hybridized carbons (Fsp3) is 0.435. The second kappa shape index (κ2) is 9.47. The zero-order valence-electron chi connectivity index (χ0n) is 17.6. The van der Waals surface area contributed by atoms with E-state index in [1.165, 1.54) is 4.90 Å². The number of aliphatic hydroxyl groups is 1. The highest BCUT2D eigenvalue weighted by molar-refractivity contribution is 5.73. The van der Waals surface area contributed by atoms with E-state index in [-0.39, 0.29) is 6.61 Å². The highest BCUT2D eigenvalue weighted by Gasteiger charge is 2.24. The average Bonchev–Trinajstić information content (AvgIpc) is 3.03. The first kappa shape index (κ1) is 20.7. The summed E-state index contributed by atoms with van der Waals surface area (Å²) in [5, 5.41) is 10.6. The number of aliphatic hydroxyl groups excluding tert-OH is 1. The number of imidazole rings is 1. The van der Waals surface area contributed by atoms with Crippen molar-refractivity contribution < 1.29 is 24.0 Å². The highest BCUT2D eigenvalue weighted by atomic mass is 16.5. The van der Waals surface area contributed by atoms with Crippen LogP contribution < -0.4 is 19.9 Å². The molecule has 1 atom stereocenters. The second-order valence-electron chi connectivity index (χ2n) is 8.00. The van der Waals surface area contributed by atoms with Crippen LogP contribution in [0.1, 0.15) is 5.56 Å². The minimum absolute atomic E-state index is 0.216. The molecule has 0 amide bonds. The molecule has 0 radical (unpaired) electrons. The fourth-order valence-corrected chi connectivity index (χ4v) is 4.08. The smallest absolute Gasteiger partial charge is 0.356 e. The standard InChI is InChI=1S/C23H30N4O3/c1-18-5-4-6-20(15-18)30-17-19(28)16-27-22-8-3-2-7-21(22)26(23(27)24)10-9-25-11-13-29-14-12-25/h2-8,15,19,24,28H,9-14,16-17H2,1H3/p+2/t19-/m1/s1. The first-order chi connectivity index (χ1) is 14.6. The van der Waals surface area contributed by atoms with Gasteiger partial charge in [0.2, 0.25) is 0 Å². The Morgan fingerprint density at radius 1 is 1.20 bits per heavy atom. The Labute approximate surface area is 177 Å². The number of nitrogens with two attached hydrogens (primary N) is 1.